The van der Waals surface area contributed by atoms with Crippen molar-refractivity contribution in [3.8, 4) is 10.7 Å². The standard InChI is InChI=1S/C18H17ClN4O2S/c1-18(2,3)25-17(24)23(13-6-4-12(19)5-7-13)15-11-20-10-14(22-15)16-21-8-9-26-16/h4-11H,1-3H3. The number of anilines is 2. The predicted octanol–water partition coefficient (Wildman–Crippen LogP) is 5.33. The first kappa shape index (κ1) is 18.3. The van der Waals surface area contributed by atoms with Crippen LogP contribution in [0.2, 0.25) is 5.02 Å². The zero-order valence-corrected chi connectivity index (χ0v) is 16.1. The van der Waals surface area contributed by atoms with Crippen LogP contribution in [0, 0.1) is 0 Å². The van der Waals surface area contributed by atoms with Gasteiger partial charge in [-0.15, -0.1) is 11.3 Å². The molecule has 0 aliphatic carbocycles. The van der Waals surface area contributed by atoms with Crippen molar-refractivity contribution in [3.63, 3.8) is 0 Å². The van der Waals surface area contributed by atoms with Gasteiger partial charge in [0.15, 0.2) is 5.82 Å². The van der Waals surface area contributed by atoms with E-state index in [2.05, 4.69) is 15.0 Å². The molecule has 2 aromatic heterocycles. The van der Waals surface area contributed by atoms with E-state index in [1.54, 1.807) is 36.7 Å². The summed E-state index contributed by atoms with van der Waals surface area (Å²) < 4.78 is 5.54. The van der Waals surface area contributed by atoms with Gasteiger partial charge in [-0.25, -0.2) is 19.7 Å². The Hall–Kier alpha value is -2.51. The van der Waals surface area contributed by atoms with Gasteiger partial charge in [-0.3, -0.25) is 4.98 Å². The van der Waals surface area contributed by atoms with E-state index in [4.69, 9.17) is 16.3 Å². The number of hydrogen-bond donors (Lipinski definition) is 0. The van der Waals surface area contributed by atoms with E-state index in [1.807, 2.05) is 26.2 Å². The minimum atomic E-state index is -0.651. The predicted molar refractivity (Wildman–Crippen MR) is 103 cm³/mol. The van der Waals surface area contributed by atoms with Gasteiger partial charge in [-0.1, -0.05) is 11.6 Å². The first-order valence-corrected chi connectivity index (χ1v) is 9.10. The van der Waals surface area contributed by atoms with Crippen molar-refractivity contribution >= 4 is 40.5 Å². The van der Waals surface area contributed by atoms with Crippen molar-refractivity contribution in [1.82, 2.24) is 15.0 Å². The van der Waals surface area contributed by atoms with Crippen molar-refractivity contribution in [1.29, 1.82) is 0 Å². The van der Waals surface area contributed by atoms with Crippen LogP contribution in [0.15, 0.2) is 48.2 Å². The molecule has 6 nitrogen and oxygen atoms in total. The second-order valence-corrected chi connectivity index (χ2v) is 7.72. The topological polar surface area (TPSA) is 68.2 Å². The number of halogens is 1. The second kappa shape index (κ2) is 7.39. The average Bonchev–Trinajstić information content (AvgIpc) is 3.10. The number of ether oxygens (including phenoxy) is 1. The molecule has 1 amide bonds. The van der Waals surface area contributed by atoms with Gasteiger partial charge in [0.25, 0.3) is 0 Å². The molecular formula is C18H17ClN4O2S. The fraction of sp³-hybridized carbons (Fsp3) is 0.222. The number of rotatable bonds is 3. The molecule has 26 heavy (non-hydrogen) atoms. The van der Waals surface area contributed by atoms with Gasteiger partial charge in [0.2, 0.25) is 0 Å². The smallest absolute Gasteiger partial charge is 0.420 e. The Morgan fingerprint density at radius 1 is 1.19 bits per heavy atom. The second-order valence-electron chi connectivity index (χ2n) is 6.39. The summed E-state index contributed by atoms with van der Waals surface area (Å²) in [6, 6.07) is 6.85. The first-order chi connectivity index (χ1) is 12.3. The summed E-state index contributed by atoms with van der Waals surface area (Å²) in [4.78, 5) is 27.2. The Kier molecular flexibility index (Phi) is 5.20. The highest BCUT2D eigenvalue weighted by atomic mass is 35.5. The molecule has 0 unspecified atom stereocenters. The minimum absolute atomic E-state index is 0.342. The molecule has 0 spiro atoms. The first-order valence-electron chi connectivity index (χ1n) is 7.84. The van der Waals surface area contributed by atoms with Crippen molar-refractivity contribution in [2.24, 2.45) is 0 Å². The minimum Gasteiger partial charge on any atom is -0.443 e. The lowest BCUT2D eigenvalue weighted by molar-refractivity contribution is 0.0598. The molecule has 0 bridgehead atoms. The molecule has 1 aromatic carbocycles. The van der Waals surface area contributed by atoms with Crippen LogP contribution in [0.25, 0.3) is 10.7 Å². The quantitative estimate of drug-likeness (QED) is 0.606. The fourth-order valence-corrected chi connectivity index (χ4v) is 2.86. The molecule has 0 fully saturated rings. The van der Waals surface area contributed by atoms with Crippen LogP contribution in [-0.4, -0.2) is 26.6 Å². The number of aromatic nitrogens is 3. The highest BCUT2D eigenvalue weighted by molar-refractivity contribution is 7.13. The fourth-order valence-electron chi connectivity index (χ4n) is 2.15. The summed E-state index contributed by atoms with van der Waals surface area (Å²) in [6.07, 6.45) is 4.26. The number of amides is 1. The Balaban J connectivity index is 2.04. The summed E-state index contributed by atoms with van der Waals surface area (Å²) in [5, 5.41) is 3.15. The number of benzene rings is 1. The lowest BCUT2D eigenvalue weighted by atomic mass is 10.2. The lowest BCUT2D eigenvalue weighted by Crippen LogP contribution is -2.34. The Labute approximate surface area is 160 Å². The summed E-state index contributed by atoms with van der Waals surface area (Å²) in [5.74, 6) is 0.342. The summed E-state index contributed by atoms with van der Waals surface area (Å²) in [5.41, 5.74) is 0.511. The van der Waals surface area contributed by atoms with Gasteiger partial charge in [0.1, 0.15) is 16.3 Å². The maximum absolute atomic E-state index is 12.8. The van der Waals surface area contributed by atoms with Crippen LogP contribution in [0.1, 0.15) is 20.8 Å². The largest absolute Gasteiger partial charge is 0.443 e. The van der Waals surface area contributed by atoms with Gasteiger partial charge < -0.3 is 4.74 Å². The van der Waals surface area contributed by atoms with E-state index in [0.717, 1.165) is 5.01 Å². The number of carbonyl (C=O) groups is 1. The van der Waals surface area contributed by atoms with Crippen molar-refractivity contribution < 1.29 is 9.53 Å². The molecule has 0 radical (unpaired) electrons. The molecule has 0 atom stereocenters. The van der Waals surface area contributed by atoms with E-state index < -0.39 is 11.7 Å². The van der Waals surface area contributed by atoms with Crippen LogP contribution in [0.3, 0.4) is 0 Å². The van der Waals surface area contributed by atoms with Gasteiger partial charge in [0.05, 0.1) is 18.1 Å². The molecule has 0 saturated carbocycles. The molecule has 0 saturated heterocycles. The van der Waals surface area contributed by atoms with E-state index in [1.165, 1.54) is 22.4 Å². The van der Waals surface area contributed by atoms with Crippen LogP contribution in [0.4, 0.5) is 16.3 Å². The zero-order chi connectivity index (χ0) is 18.7. The number of carbonyl (C=O) groups excluding carboxylic acids is 1. The SMILES string of the molecule is CC(C)(C)OC(=O)N(c1ccc(Cl)cc1)c1cncc(-c2nccs2)n1. The van der Waals surface area contributed by atoms with E-state index in [-0.39, 0.29) is 0 Å². The normalized spacial score (nSPS) is 11.2. The third-order valence-electron chi connectivity index (χ3n) is 3.16. The van der Waals surface area contributed by atoms with Crippen LogP contribution >= 0.6 is 22.9 Å². The summed E-state index contributed by atoms with van der Waals surface area (Å²) in [7, 11) is 0. The highest BCUT2D eigenvalue weighted by Crippen LogP contribution is 2.29. The third kappa shape index (κ3) is 4.36. The van der Waals surface area contributed by atoms with Crippen LogP contribution in [0.5, 0.6) is 0 Å². The van der Waals surface area contributed by atoms with Gasteiger partial charge >= 0.3 is 6.09 Å². The number of hydrogen-bond acceptors (Lipinski definition) is 6. The number of thiazole rings is 1. The molecule has 3 rings (SSSR count). The lowest BCUT2D eigenvalue weighted by Gasteiger charge is -2.26. The summed E-state index contributed by atoms with van der Waals surface area (Å²) >= 11 is 7.42. The molecule has 0 aliphatic heterocycles. The monoisotopic (exact) mass is 388 g/mol. The molecule has 2 heterocycles. The van der Waals surface area contributed by atoms with E-state index in [9.17, 15) is 4.79 Å². The van der Waals surface area contributed by atoms with Gasteiger partial charge in [-0.05, 0) is 45.0 Å². The van der Waals surface area contributed by atoms with Crippen LogP contribution in [-0.2, 0) is 4.74 Å². The van der Waals surface area contributed by atoms with Crippen molar-refractivity contribution in [2.45, 2.75) is 26.4 Å². The third-order valence-corrected chi connectivity index (χ3v) is 4.21. The maximum atomic E-state index is 12.8. The zero-order valence-electron chi connectivity index (χ0n) is 14.5. The Bertz CT molecular complexity index is 892. The van der Waals surface area contributed by atoms with Gasteiger partial charge in [-0.2, -0.15) is 0 Å². The Morgan fingerprint density at radius 3 is 2.54 bits per heavy atom. The van der Waals surface area contributed by atoms with Gasteiger partial charge in [0, 0.05) is 16.6 Å². The highest BCUT2D eigenvalue weighted by Gasteiger charge is 2.26. The number of nitrogens with zero attached hydrogens (tertiary/aromatic N) is 4. The van der Waals surface area contributed by atoms with E-state index in [0.29, 0.717) is 22.2 Å². The van der Waals surface area contributed by atoms with Crippen molar-refractivity contribution in [3.05, 3.63) is 53.3 Å². The molecular weight excluding hydrogens is 372 g/mol. The Morgan fingerprint density at radius 2 is 1.92 bits per heavy atom. The molecule has 0 N–H and O–H groups in total. The molecule has 134 valence electrons. The average molecular weight is 389 g/mol. The molecule has 0 aliphatic rings. The molecule has 8 heteroatoms. The maximum Gasteiger partial charge on any atom is 0.420 e. The van der Waals surface area contributed by atoms with Crippen molar-refractivity contribution in [2.75, 3.05) is 4.90 Å². The summed E-state index contributed by atoms with van der Waals surface area (Å²) in [6.45, 7) is 5.42. The molecule has 3 aromatic rings. The van der Waals surface area contributed by atoms with E-state index >= 15 is 0 Å². The van der Waals surface area contributed by atoms with Crippen LogP contribution < -0.4 is 4.90 Å².